The number of fused-ring (bicyclic) bond motifs is 2. The molecule has 1 aliphatic rings. The predicted octanol–water partition coefficient (Wildman–Crippen LogP) is 4.30. The monoisotopic (exact) mass is 516 g/mol. The van der Waals surface area contributed by atoms with E-state index in [1.165, 1.54) is 7.11 Å². The van der Waals surface area contributed by atoms with Crippen molar-refractivity contribution < 1.29 is 4.84 Å². The van der Waals surface area contributed by atoms with Crippen LogP contribution in [-0.2, 0) is 10.4 Å². The second-order valence-electron chi connectivity index (χ2n) is 9.27. The van der Waals surface area contributed by atoms with Gasteiger partial charge >= 0.3 is 0 Å². The zero-order valence-electron chi connectivity index (χ0n) is 20.6. The van der Waals surface area contributed by atoms with Crippen molar-refractivity contribution in [2.24, 2.45) is 5.16 Å². The van der Waals surface area contributed by atoms with E-state index < -0.39 is 5.54 Å². The first-order valence-corrected chi connectivity index (χ1v) is 12.4. The molecule has 1 aromatic carbocycles. The number of hydrogen-bond acceptors (Lipinski definition) is 7. The zero-order valence-corrected chi connectivity index (χ0v) is 21.4. The maximum atomic E-state index is 13.9. The van der Waals surface area contributed by atoms with Gasteiger partial charge < -0.3 is 14.7 Å². The molecule has 0 unspecified atom stereocenters. The number of halogens is 1. The van der Waals surface area contributed by atoms with E-state index in [2.05, 4.69) is 26.9 Å². The number of hydrogen-bond donors (Lipinski definition) is 1. The van der Waals surface area contributed by atoms with Crippen LogP contribution in [0, 0.1) is 0 Å². The quantitative estimate of drug-likeness (QED) is 0.276. The average Bonchev–Trinajstić information content (AvgIpc) is 3.62. The zero-order chi connectivity index (χ0) is 25.7. The summed E-state index contributed by atoms with van der Waals surface area (Å²) < 4.78 is 3.25. The molecule has 5 aromatic rings. The van der Waals surface area contributed by atoms with Crippen LogP contribution in [-0.4, -0.2) is 48.5 Å². The van der Waals surface area contributed by atoms with E-state index in [1.807, 2.05) is 43.5 Å². The van der Waals surface area contributed by atoms with E-state index in [0.29, 0.717) is 27.7 Å². The summed E-state index contributed by atoms with van der Waals surface area (Å²) in [6.45, 7) is 4.71. The number of benzene rings is 1. The minimum absolute atomic E-state index is 0.225. The third-order valence-electron chi connectivity index (χ3n) is 7.10. The fraction of sp³-hybridized carbons (Fsp3) is 0.269. The lowest BCUT2D eigenvalue weighted by Crippen LogP contribution is -2.45. The summed E-state index contributed by atoms with van der Waals surface area (Å²) in [6, 6.07) is 11.2. The van der Waals surface area contributed by atoms with Crippen molar-refractivity contribution in [1.29, 1.82) is 0 Å². The van der Waals surface area contributed by atoms with Gasteiger partial charge in [-0.1, -0.05) is 35.0 Å². The van der Waals surface area contributed by atoms with Gasteiger partial charge in [0.1, 0.15) is 30.4 Å². The molecule has 0 saturated carbocycles. The van der Waals surface area contributed by atoms with Crippen molar-refractivity contribution in [1.82, 2.24) is 29.1 Å². The number of nitrogens with zero attached hydrogens (tertiary/aromatic N) is 7. The first kappa shape index (κ1) is 23.2. The molecule has 0 amide bonds. The van der Waals surface area contributed by atoms with Crippen molar-refractivity contribution in [3.63, 3.8) is 0 Å². The Morgan fingerprint density at radius 2 is 2.03 bits per heavy atom. The third kappa shape index (κ3) is 3.51. The van der Waals surface area contributed by atoms with E-state index in [9.17, 15) is 4.79 Å². The van der Waals surface area contributed by atoms with Gasteiger partial charge in [-0.3, -0.25) is 9.36 Å². The van der Waals surface area contributed by atoms with E-state index in [0.717, 1.165) is 41.8 Å². The van der Waals surface area contributed by atoms with Gasteiger partial charge in [-0.05, 0) is 44.9 Å². The standard InChI is InChI=1S/C26H25ClN8O2/c1-16(32-37-3)18-14-28-22-20(18)23(30-15-29-22)33-12-7-11-26(33,2)25-31-34-13-10-19(27)21(34)24(36)35(25)17-8-5-4-6-9-17/h4-6,8-10,13-15H,7,11-12H2,1-3H3,(H,28,29,30)/b32-16+/t26-/m0/s1. The SMILES string of the molecule is CO/N=C(\C)c1c[nH]c2ncnc(N3CCC[C@@]3(C)c3nn4ccc(Cl)c4c(=O)n3-c3ccccc3)c12. The largest absolute Gasteiger partial charge is 0.399 e. The summed E-state index contributed by atoms with van der Waals surface area (Å²) in [6.07, 6.45) is 6.79. The molecule has 5 heterocycles. The van der Waals surface area contributed by atoms with E-state index >= 15 is 0 Å². The molecule has 10 nitrogen and oxygen atoms in total. The number of H-pyrrole nitrogens is 1. The topological polar surface area (TPSA) is 106 Å². The van der Waals surface area contributed by atoms with Crippen LogP contribution in [0.15, 0.2) is 65.1 Å². The summed E-state index contributed by atoms with van der Waals surface area (Å²) in [5.41, 5.74) is 2.42. The van der Waals surface area contributed by atoms with Gasteiger partial charge in [0, 0.05) is 24.5 Å². The molecule has 1 atom stereocenters. The smallest absolute Gasteiger partial charge is 0.284 e. The van der Waals surface area contributed by atoms with E-state index in [1.54, 1.807) is 27.7 Å². The molecule has 4 aromatic heterocycles. The molecule has 0 bridgehead atoms. The van der Waals surface area contributed by atoms with Gasteiger partial charge in [0.25, 0.3) is 5.56 Å². The van der Waals surface area contributed by atoms with Crippen molar-refractivity contribution in [3.05, 3.63) is 81.9 Å². The van der Waals surface area contributed by atoms with Gasteiger partial charge in [-0.25, -0.2) is 14.5 Å². The Kier molecular flexibility index (Phi) is 5.49. The van der Waals surface area contributed by atoms with Gasteiger partial charge in [0.15, 0.2) is 5.82 Å². The lowest BCUT2D eigenvalue weighted by molar-refractivity contribution is 0.213. The van der Waals surface area contributed by atoms with Crippen LogP contribution in [0.5, 0.6) is 0 Å². The first-order valence-electron chi connectivity index (χ1n) is 12.0. The predicted molar refractivity (Wildman–Crippen MR) is 143 cm³/mol. The number of aromatic nitrogens is 6. The van der Waals surface area contributed by atoms with Crippen LogP contribution in [0.2, 0.25) is 5.02 Å². The van der Waals surface area contributed by atoms with Gasteiger partial charge in [-0.2, -0.15) is 5.10 Å². The van der Waals surface area contributed by atoms with Crippen LogP contribution in [0.1, 0.15) is 38.1 Å². The van der Waals surface area contributed by atoms with Crippen LogP contribution in [0.4, 0.5) is 5.82 Å². The molecule has 6 rings (SSSR count). The van der Waals surface area contributed by atoms with Crippen molar-refractivity contribution in [2.45, 2.75) is 32.2 Å². The number of para-hydroxylation sites is 1. The third-order valence-corrected chi connectivity index (χ3v) is 7.40. The molecular weight excluding hydrogens is 492 g/mol. The molecule has 188 valence electrons. The van der Waals surface area contributed by atoms with Crippen molar-refractivity contribution in [2.75, 3.05) is 18.6 Å². The molecule has 1 saturated heterocycles. The minimum atomic E-state index is -0.665. The summed E-state index contributed by atoms with van der Waals surface area (Å²) in [4.78, 5) is 33.5. The van der Waals surface area contributed by atoms with E-state index in [4.69, 9.17) is 26.5 Å². The number of oxime groups is 1. The molecule has 0 aliphatic carbocycles. The highest BCUT2D eigenvalue weighted by Gasteiger charge is 2.44. The number of nitrogens with one attached hydrogen (secondary N) is 1. The average molecular weight is 517 g/mol. The highest BCUT2D eigenvalue weighted by Crippen LogP contribution is 2.43. The van der Waals surface area contributed by atoms with Crippen LogP contribution < -0.4 is 10.5 Å². The second-order valence-corrected chi connectivity index (χ2v) is 9.68. The number of anilines is 1. The molecule has 37 heavy (non-hydrogen) atoms. The molecular formula is C26H25ClN8O2. The molecule has 11 heteroatoms. The maximum absolute atomic E-state index is 13.9. The van der Waals surface area contributed by atoms with Crippen molar-refractivity contribution in [3.8, 4) is 5.69 Å². The summed E-state index contributed by atoms with van der Waals surface area (Å²) in [5, 5.41) is 10.3. The van der Waals surface area contributed by atoms with Gasteiger partial charge in [-0.15, -0.1) is 0 Å². The Morgan fingerprint density at radius 3 is 2.81 bits per heavy atom. The first-order chi connectivity index (χ1) is 17.9. The highest BCUT2D eigenvalue weighted by atomic mass is 35.5. The number of aromatic amines is 1. The second kappa shape index (κ2) is 8.74. The number of rotatable bonds is 5. The highest BCUT2D eigenvalue weighted by molar-refractivity contribution is 6.33. The molecule has 0 spiro atoms. The maximum Gasteiger partial charge on any atom is 0.284 e. The van der Waals surface area contributed by atoms with Crippen molar-refractivity contribution >= 4 is 39.7 Å². The van der Waals surface area contributed by atoms with Crippen LogP contribution >= 0.6 is 11.6 Å². The van der Waals surface area contributed by atoms with E-state index in [-0.39, 0.29) is 5.56 Å². The Morgan fingerprint density at radius 1 is 1.22 bits per heavy atom. The fourth-order valence-corrected chi connectivity index (χ4v) is 5.58. The summed E-state index contributed by atoms with van der Waals surface area (Å²) in [7, 11) is 1.52. The Hall–Kier alpha value is -4.18. The lowest BCUT2D eigenvalue weighted by atomic mass is 9.96. The molecule has 0 radical (unpaired) electrons. The molecule has 1 fully saturated rings. The summed E-state index contributed by atoms with van der Waals surface area (Å²) >= 11 is 6.41. The van der Waals surface area contributed by atoms with Crippen LogP contribution in [0.3, 0.4) is 0 Å². The molecule has 1 aliphatic heterocycles. The fourth-order valence-electron chi connectivity index (χ4n) is 5.35. The van der Waals surface area contributed by atoms with Gasteiger partial charge in [0.2, 0.25) is 0 Å². The lowest BCUT2D eigenvalue weighted by Gasteiger charge is -2.37. The Bertz CT molecular complexity index is 1720. The molecule has 1 N–H and O–H groups in total. The summed E-state index contributed by atoms with van der Waals surface area (Å²) in [5.74, 6) is 1.35. The van der Waals surface area contributed by atoms with Crippen LogP contribution in [0.25, 0.3) is 22.2 Å². The van der Waals surface area contributed by atoms with Gasteiger partial charge in [0.05, 0.1) is 27.3 Å². The Balaban J connectivity index is 1.62. The Labute approximate surface area is 217 Å². The normalized spacial score (nSPS) is 18.3. The minimum Gasteiger partial charge on any atom is -0.399 e.